The Labute approximate surface area is 402 Å². The van der Waals surface area contributed by atoms with Crippen molar-refractivity contribution in [3.63, 3.8) is 0 Å². The van der Waals surface area contributed by atoms with Crippen molar-refractivity contribution in [3.8, 4) is 61.3 Å². The first-order valence-electron chi connectivity index (χ1n) is 23.9. The topological polar surface area (TPSA) is 8.17 Å². The van der Waals surface area contributed by atoms with Crippen molar-refractivity contribution in [3.05, 3.63) is 289 Å². The number of hydrogen-bond acceptors (Lipinski definition) is 1. The molecule has 1 aliphatic carbocycles. The summed E-state index contributed by atoms with van der Waals surface area (Å²) in [5.41, 5.74) is 24.0. The minimum Gasteiger partial charge on any atom is -0.311 e. The van der Waals surface area contributed by atoms with Gasteiger partial charge in [0.25, 0.3) is 0 Å². The number of rotatable bonds is 7. The van der Waals surface area contributed by atoms with Gasteiger partial charge in [0, 0.05) is 39.0 Å². The second-order valence-corrected chi connectivity index (χ2v) is 18.4. The van der Waals surface area contributed by atoms with Crippen molar-refractivity contribution in [2.24, 2.45) is 0 Å². The molecule has 1 aromatic heterocycles. The van der Waals surface area contributed by atoms with Gasteiger partial charge in [0.05, 0.1) is 22.1 Å². The highest BCUT2D eigenvalue weighted by Gasteiger charge is 2.45. The van der Waals surface area contributed by atoms with Gasteiger partial charge in [0.15, 0.2) is 0 Å². The minimum absolute atomic E-state index is 0.466. The van der Waals surface area contributed by atoms with Crippen LogP contribution in [0.5, 0.6) is 0 Å². The van der Waals surface area contributed by atoms with Gasteiger partial charge in [0.2, 0.25) is 0 Å². The van der Waals surface area contributed by atoms with Gasteiger partial charge in [-0.25, -0.2) is 0 Å². The second-order valence-electron chi connectivity index (χ2n) is 18.4. The molecule has 69 heavy (non-hydrogen) atoms. The smallest absolute Gasteiger partial charge is 0.0713 e. The molecule has 0 radical (unpaired) electrons. The van der Waals surface area contributed by atoms with Crippen LogP contribution < -0.4 is 4.90 Å². The average Bonchev–Trinajstić information content (AvgIpc) is 3.88. The van der Waals surface area contributed by atoms with E-state index in [1.165, 1.54) is 105 Å². The summed E-state index contributed by atoms with van der Waals surface area (Å²) in [5, 5.41) is 2.52. The van der Waals surface area contributed by atoms with Crippen molar-refractivity contribution in [2.75, 3.05) is 4.90 Å². The van der Waals surface area contributed by atoms with E-state index >= 15 is 0 Å². The van der Waals surface area contributed by atoms with Crippen LogP contribution in [0.3, 0.4) is 0 Å². The van der Waals surface area contributed by atoms with E-state index in [1.54, 1.807) is 0 Å². The molecule has 2 heteroatoms. The standard InChI is InChI=1S/C67H44N2/c1-3-17-45(18-4-1)46-31-37-51(38-32-46)68(53-41-35-50(36-42-53)67(49-19-5-2-6-20-49)62-27-13-9-23-56(62)57-24-10-14-28-63(57)67)52-39-33-47(34-40-52)48-43-60-55-22-8-7-21-54(55)58-25-11-15-29-64(58)69-65-30-16-12-26-59(65)61(44-48)66(60)69/h1-44H. The highest BCUT2D eigenvalue weighted by molar-refractivity contribution is 6.17. The van der Waals surface area contributed by atoms with E-state index < -0.39 is 5.41 Å². The van der Waals surface area contributed by atoms with Crippen LogP contribution in [0.25, 0.3) is 83.1 Å². The molecular weight excluding hydrogens is 833 g/mol. The van der Waals surface area contributed by atoms with Gasteiger partial charge in [-0.2, -0.15) is 0 Å². The molecular formula is C67H44N2. The molecule has 0 saturated carbocycles. The summed E-state index contributed by atoms with van der Waals surface area (Å²) in [6, 6.07) is 98.6. The van der Waals surface area contributed by atoms with E-state index in [0.717, 1.165) is 17.1 Å². The molecule has 2 aliphatic rings. The van der Waals surface area contributed by atoms with E-state index in [0.29, 0.717) is 0 Å². The maximum Gasteiger partial charge on any atom is 0.0713 e. The van der Waals surface area contributed by atoms with Crippen LogP contribution in [-0.2, 0) is 5.41 Å². The summed E-state index contributed by atoms with van der Waals surface area (Å²) in [4.78, 5) is 2.40. The van der Waals surface area contributed by atoms with Crippen LogP contribution in [0.15, 0.2) is 267 Å². The lowest BCUT2D eigenvalue weighted by molar-refractivity contribution is 0.768. The van der Waals surface area contributed by atoms with E-state index in [2.05, 4.69) is 276 Å². The van der Waals surface area contributed by atoms with Crippen LogP contribution in [0.1, 0.15) is 22.3 Å². The Balaban J connectivity index is 0.917. The fraction of sp³-hybridized carbons (Fsp3) is 0.0149. The highest BCUT2D eigenvalue weighted by atomic mass is 15.1. The van der Waals surface area contributed by atoms with Crippen LogP contribution in [-0.4, -0.2) is 4.57 Å². The summed E-state index contributed by atoms with van der Waals surface area (Å²) in [5.74, 6) is 0. The molecule has 11 aromatic carbocycles. The summed E-state index contributed by atoms with van der Waals surface area (Å²) in [6.45, 7) is 0. The van der Waals surface area contributed by atoms with Gasteiger partial charge in [-0.3, -0.25) is 0 Å². The van der Waals surface area contributed by atoms with Gasteiger partial charge >= 0.3 is 0 Å². The zero-order valence-electron chi connectivity index (χ0n) is 37.8. The number of fused-ring (bicyclic) bond motifs is 11. The number of hydrogen-bond donors (Lipinski definition) is 0. The monoisotopic (exact) mass is 876 g/mol. The second kappa shape index (κ2) is 15.6. The number of nitrogens with zero attached hydrogens (tertiary/aromatic N) is 2. The van der Waals surface area contributed by atoms with E-state index in [1.807, 2.05) is 0 Å². The SMILES string of the molecule is c1ccc(-c2ccc(N(c3ccc(-c4cc5c6c(c4)c4ccccc4n6-c4ccccc4-c4ccccc4-5)cc3)c3ccc(C4(c5ccccc5)c5ccccc5-c5ccccc54)cc3)cc2)cc1. The molecule has 0 atom stereocenters. The third kappa shape index (κ3) is 5.92. The van der Waals surface area contributed by atoms with E-state index in [9.17, 15) is 0 Å². The molecule has 12 aromatic rings. The summed E-state index contributed by atoms with van der Waals surface area (Å²) < 4.78 is 2.49. The lowest BCUT2D eigenvalue weighted by atomic mass is 9.68. The number of anilines is 3. The first-order valence-corrected chi connectivity index (χ1v) is 23.9. The minimum atomic E-state index is -0.466. The summed E-state index contributed by atoms with van der Waals surface area (Å²) in [7, 11) is 0. The highest BCUT2D eigenvalue weighted by Crippen LogP contribution is 2.56. The summed E-state index contributed by atoms with van der Waals surface area (Å²) in [6.07, 6.45) is 0. The molecule has 2 heterocycles. The molecule has 14 rings (SSSR count). The number of benzene rings is 11. The number of para-hydroxylation sites is 2. The molecule has 0 amide bonds. The maximum atomic E-state index is 2.49. The summed E-state index contributed by atoms with van der Waals surface area (Å²) >= 11 is 0. The van der Waals surface area contributed by atoms with Crippen molar-refractivity contribution >= 4 is 38.9 Å². The first-order chi connectivity index (χ1) is 34.2. The first kappa shape index (κ1) is 39.2. The molecule has 2 nitrogen and oxygen atoms in total. The Morgan fingerprint density at radius 2 is 0.739 bits per heavy atom. The Hall–Kier alpha value is -8.98. The van der Waals surface area contributed by atoms with Crippen LogP contribution >= 0.6 is 0 Å². The molecule has 0 bridgehead atoms. The Bertz CT molecular complexity index is 3870. The lowest BCUT2D eigenvalue weighted by Gasteiger charge is -2.34. The van der Waals surface area contributed by atoms with Crippen LogP contribution in [0.4, 0.5) is 17.1 Å². The van der Waals surface area contributed by atoms with Crippen molar-refractivity contribution in [1.82, 2.24) is 4.57 Å². The molecule has 0 saturated heterocycles. The zero-order valence-corrected chi connectivity index (χ0v) is 37.8. The fourth-order valence-electron chi connectivity index (χ4n) is 11.8. The molecule has 0 spiro atoms. The van der Waals surface area contributed by atoms with Gasteiger partial charge in [-0.15, -0.1) is 0 Å². The molecule has 1 aliphatic heterocycles. The normalized spacial score (nSPS) is 12.8. The maximum absolute atomic E-state index is 2.49. The van der Waals surface area contributed by atoms with Crippen LogP contribution in [0, 0.1) is 0 Å². The van der Waals surface area contributed by atoms with E-state index in [4.69, 9.17) is 0 Å². The van der Waals surface area contributed by atoms with Gasteiger partial charge < -0.3 is 9.47 Å². The van der Waals surface area contributed by atoms with Crippen molar-refractivity contribution < 1.29 is 0 Å². The molecule has 0 N–H and O–H groups in total. The van der Waals surface area contributed by atoms with Crippen molar-refractivity contribution in [2.45, 2.75) is 5.41 Å². The van der Waals surface area contributed by atoms with E-state index in [-0.39, 0.29) is 0 Å². The zero-order chi connectivity index (χ0) is 45.5. The van der Waals surface area contributed by atoms with Gasteiger partial charge in [0.1, 0.15) is 0 Å². The molecule has 0 fully saturated rings. The molecule has 322 valence electrons. The van der Waals surface area contributed by atoms with Crippen molar-refractivity contribution in [1.29, 1.82) is 0 Å². The lowest BCUT2D eigenvalue weighted by Crippen LogP contribution is -2.28. The Morgan fingerprint density at radius 3 is 1.38 bits per heavy atom. The Morgan fingerprint density at radius 1 is 0.290 bits per heavy atom. The quantitative estimate of drug-likeness (QED) is 0.155. The molecule has 0 unspecified atom stereocenters. The van der Waals surface area contributed by atoms with Crippen LogP contribution in [0.2, 0.25) is 0 Å². The number of aromatic nitrogens is 1. The van der Waals surface area contributed by atoms with Gasteiger partial charge in [-0.05, 0) is 127 Å². The third-order valence-corrected chi connectivity index (χ3v) is 14.8. The average molecular weight is 877 g/mol. The fourth-order valence-corrected chi connectivity index (χ4v) is 11.8. The predicted octanol–water partition coefficient (Wildman–Crippen LogP) is 17.6. The van der Waals surface area contributed by atoms with Gasteiger partial charge in [-0.1, -0.05) is 206 Å². The Kier molecular flexibility index (Phi) is 8.84. The largest absolute Gasteiger partial charge is 0.311 e. The third-order valence-electron chi connectivity index (χ3n) is 14.8. The predicted molar refractivity (Wildman–Crippen MR) is 288 cm³/mol.